The zero-order chi connectivity index (χ0) is 16.0. The van der Waals surface area contributed by atoms with E-state index < -0.39 is 22.0 Å². The van der Waals surface area contributed by atoms with Gasteiger partial charge in [-0.15, -0.1) is 0 Å². The topological polar surface area (TPSA) is 107 Å². The van der Waals surface area contributed by atoms with Gasteiger partial charge in [-0.05, 0) is 24.6 Å². The first-order valence-corrected chi connectivity index (χ1v) is 8.12. The second-order valence-electron chi connectivity index (χ2n) is 4.41. The number of carbonyl (C=O) groups is 1. The highest BCUT2D eigenvalue weighted by atomic mass is 35.5. The van der Waals surface area contributed by atoms with Gasteiger partial charge in [-0.1, -0.05) is 31.4 Å². The van der Waals surface area contributed by atoms with Crippen molar-refractivity contribution in [3.63, 3.8) is 0 Å². The Hall–Kier alpha value is -1.62. The summed E-state index contributed by atoms with van der Waals surface area (Å²) >= 11 is 5.79. The molecule has 0 aromatic heterocycles. The van der Waals surface area contributed by atoms with E-state index in [1.807, 2.05) is 13.0 Å². The van der Waals surface area contributed by atoms with Crippen LogP contribution in [0.25, 0.3) is 0 Å². The summed E-state index contributed by atoms with van der Waals surface area (Å²) in [7, 11) is -4.01. The molecule has 0 saturated heterocycles. The lowest BCUT2D eigenvalue weighted by Gasteiger charge is -2.14. The van der Waals surface area contributed by atoms with Gasteiger partial charge in [0.25, 0.3) is 0 Å². The third-order valence-electron chi connectivity index (χ3n) is 2.81. The zero-order valence-electron chi connectivity index (χ0n) is 11.3. The minimum atomic E-state index is -4.01. The monoisotopic (exact) mass is 330 g/mol. The molecule has 2 N–H and O–H groups in total. The van der Waals surface area contributed by atoms with Gasteiger partial charge in [-0.25, -0.2) is 8.42 Å². The molecule has 21 heavy (non-hydrogen) atoms. The molecule has 0 bridgehead atoms. The standard InChI is InChI=1S/C13H15ClN2O4S/c1-2-3-4-12(13(17)18)16-21(19,20)10-6-5-9(8-15)11(14)7-10/h5-7,12,16H,2-4H2,1H3,(H,17,18). The van der Waals surface area contributed by atoms with Crippen LogP contribution in [0.15, 0.2) is 23.1 Å². The SMILES string of the molecule is CCCCC(NS(=O)(=O)c1ccc(C#N)c(Cl)c1)C(=O)O. The van der Waals surface area contributed by atoms with Crippen molar-refractivity contribution in [3.8, 4) is 6.07 Å². The smallest absolute Gasteiger partial charge is 0.321 e. The lowest BCUT2D eigenvalue weighted by molar-refractivity contribution is -0.139. The Morgan fingerprint density at radius 2 is 2.19 bits per heavy atom. The van der Waals surface area contributed by atoms with Crippen LogP contribution in [0, 0.1) is 11.3 Å². The first-order chi connectivity index (χ1) is 9.81. The van der Waals surface area contributed by atoms with Crippen LogP contribution in [0.4, 0.5) is 0 Å². The van der Waals surface area contributed by atoms with Crippen molar-refractivity contribution in [3.05, 3.63) is 28.8 Å². The van der Waals surface area contributed by atoms with Gasteiger partial charge < -0.3 is 5.11 Å². The molecule has 0 spiro atoms. The van der Waals surface area contributed by atoms with E-state index in [9.17, 15) is 13.2 Å². The maximum Gasteiger partial charge on any atom is 0.321 e. The molecule has 8 heteroatoms. The van der Waals surface area contributed by atoms with Crippen molar-refractivity contribution in [2.24, 2.45) is 0 Å². The average molecular weight is 331 g/mol. The number of benzene rings is 1. The van der Waals surface area contributed by atoms with E-state index in [0.29, 0.717) is 6.42 Å². The van der Waals surface area contributed by atoms with Crippen LogP contribution in [0.5, 0.6) is 0 Å². The van der Waals surface area contributed by atoms with Gasteiger partial charge in [-0.3, -0.25) is 4.79 Å². The Kier molecular flexibility index (Phi) is 6.15. The van der Waals surface area contributed by atoms with E-state index in [4.69, 9.17) is 22.0 Å². The summed E-state index contributed by atoms with van der Waals surface area (Å²) in [5.74, 6) is -1.23. The number of unbranched alkanes of at least 4 members (excludes halogenated alkanes) is 1. The molecule has 0 aliphatic rings. The van der Waals surface area contributed by atoms with E-state index >= 15 is 0 Å². The number of nitrogens with zero attached hydrogens (tertiary/aromatic N) is 1. The molecule has 6 nitrogen and oxygen atoms in total. The van der Waals surface area contributed by atoms with Crippen LogP contribution in [-0.4, -0.2) is 25.5 Å². The molecule has 1 aromatic rings. The summed E-state index contributed by atoms with van der Waals surface area (Å²) in [6.07, 6.45) is 1.55. The van der Waals surface area contributed by atoms with Crippen molar-refractivity contribution in [2.45, 2.75) is 37.1 Å². The van der Waals surface area contributed by atoms with Crippen LogP contribution < -0.4 is 4.72 Å². The van der Waals surface area contributed by atoms with Crippen molar-refractivity contribution in [1.29, 1.82) is 5.26 Å². The van der Waals surface area contributed by atoms with Crippen LogP contribution in [0.2, 0.25) is 5.02 Å². The maximum absolute atomic E-state index is 12.1. The second kappa shape index (κ2) is 7.41. The van der Waals surface area contributed by atoms with Gasteiger partial charge in [0.2, 0.25) is 10.0 Å². The van der Waals surface area contributed by atoms with Crippen LogP contribution in [0.1, 0.15) is 31.7 Å². The fraction of sp³-hybridized carbons (Fsp3) is 0.385. The van der Waals surface area contributed by atoms with Gasteiger partial charge in [0.15, 0.2) is 0 Å². The second-order valence-corrected chi connectivity index (χ2v) is 6.53. The number of aliphatic carboxylic acids is 1. The number of hydrogen-bond acceptors (Lipinski definition) is 4. The highest BCUT2D eigenvalue weighted by Gasteiger charge is 2.25. The Morgan fingerprint density at radius 3 is 2.67 bits per heavy atom. The Balaban J connectivity index is 3.02. The molecule has 0 fully saturated rings. The summed E-state index contributed by atoms with van der Waals surface area (Å²) in [5.41, 5.74) is 0.149. The minimum Gasteiger partial charge on any atom is -0.480 e. The van der Waals surface area contributed by atoms with E-state index in [2.05, 4.69) is 4.72 Å². The van der Waals surface area contributed by atoms with Crippen LogP contribution in [-0.2, 0) is 14.8 Å². The van der Waals surface area contributed by atoms with E-state index in [1.165, 1.54) is 12.1 Å². The summed E-state index contributed by atoms with van der Waals surface area (Å²) in [6, 6.07) is 4.25. The fourth-order valence-corrected chi connectivity index (χ4v) is 3.19. The van der Waals surface area contributed by atoms with Gasteiger partial charge in [0.1, 0.15) is 12.1 Å². The molecule has 1 unspecified atom stereocenters. The van der Waals surface area contributed by atoms with Gasteiger partial charge in [0, 0.05) is 0 Å². The number of nitriles is 1. The normalized spacial score (nSPS) is 12.6. The molecule has 0 heterocycles. The molecular formula is C13H15ClN2O4S. The zero-order valence-corrected chi connectivity index (χ0v) is 12.9. The number of rotatable bonds is 7. The number of carboxylic acid groups (broad SMARTS) is 1. The number of hydrogen-bond donors (Lipinski definition) is 2. The summed E-state index contributed by atoms with van der Waals surface area (Å²) < 4.78 is 26.4. The van der Waals surface area contributed by atoms with Crippen LogP contribution >= 0.6 is 11.6 Å². The summed E-state index contributed by atoms with van der Waals surface area (Å²) in [4.78, 5) is 10.9. The predicted octanol–water partition coefficient (Wildman–Crippen LogP) is 2.13. The molecule has 114 valence electrons. The average Bonchev–Trinajstić information content (AvgIpc) is 2.43. The lowest BCUT2D eigenvalue weighted by atomic mass is 10.1. The Labute approximate surface area is 128 Å². The van der Waals surface area contributed by atoms with Crippen molar-refractivity contribution >= 4 is 27.6 Å². The number of carboxylic acids is 1. The number of halogens is 1. The Bertz CT molecular complexity index is 667. The van der Waals surface area contributed by atoms with Crippen molar-refractivity contribution in [2.75, 3.05) is 0 Å². The molecule has 0 aliphatic carbocycles. The number of nitrogens with one attached hydrogen (secondary N) is 1. The first kappa shape index (κ1) is 17.4. The molecule has 1 atom stereocenters. The largest absolute Gasteiger partial charge is 0.480 e. The molecule has 0 radical (unpaired) electrons. The minimum absolute atomic E-state index is 0.000748. The molecule has 1 rings (SSSR count). The Morgan fingerprint density at radius 1 is 1.52 bits per heavy atom. The third-order valence-corrected chi connectivity index (χ3v) is 4.60. The molecule has 0 saturated carbocycles. The van der Waals surface area contributed by atoms with Gasteiger partial charge >= 0.3 is 5.97 Å². The van der Waals surface area contributed by atoms with Crippen molar-refractivity contribution < 1.29 is 18.3 Å². The fourth-order valence-electron chi connectivity index (χ4n) is 1.65. The quantitative estimate of drug-likeness (QED) is 0.796. The highest BCUT2D eigenvalue weighted by Crippen LogP contribution is 2.20. The van der Waals surface area contributed by atoms with Crippen LogP contribution in [0.3, 0.4) is 0 Å². The summed E-state index contributed by atoms with van der Waals surface area (Å²) in [5, 5.41) is 17.8. The lowest BCUT2D eigenvalue weighted by Crippen LogP contribution is -2.40. The number of sulfonamides is 1. The van der Waals surface area contributed by atoms with Crippen molar-refractivity contribution in [1.82, 2.24) is 4.72 Å². The van der Waals surface area contributed by atoms with E-state index in [0.717, 1.165) is 12.5 Å². The molecule has 1 aromatic carbocycles. The maximum atomic E-state index is 12.1. The first-order valence-electron chi connectivity index (χ1n) is 6.26. The predicted molar refractivity (Wildman–Crippen MR) is 77.4 cm³/mol. The third kappa shape index (κ3) is 4.70. The molecular weight excluding hydrogens is 316 g/mol. The molecule has 0 amide bonds. The summed E-state index contributed by atoms with van der Waals surface area (Å²) in [6.45, 7) is 1.88. The van der Waals surface area contributed by atoms with Gasteiger partial charge in [-0.2, -0.15) is 9.98 Å². The highest BCUT2D eigenvalue weighted by molar-refractivity contribution is 7.89. The van der Waals surface area contributed by atoms with Gasteiger partial charge in [0.05, 0.1) is 15.5 Å². The molecule has 0 aliphatic heterocycles. The van der Waals surface area contributed by atoms with E-state index in [-0.39, 0.29) is 21.9 Å². The van der Waals surface area contributed by atoms with E-state index in [1.54, 1.807) is 0 Å².